The summed E-state index contributed by atoms with van der Waals surface area (Å²) in [6, 6.07) is 1.79. The number of nitrogens with zero attached hydrogens (tertiary/aromatic N) is 2. The fourth-order valence-electron chi connectivity index (χ4n) is 1.65. The zero-order valence-electron chi connectivity index (χ0n) is 10.6. The van der Waals surface area contributed by atoms with Crippen molar-refractivity contribution in [2.75, 3.05) is 0 Å². The van der Waals surface area contributed by atoms with Crippen molar-refractivity contribution in [1.29, 1.82) is 0 Å². The number of sulfonamides is 1. The molecule has 0 bridgehead atoms. The Kier molecular flexibility index (Phi) is 3.91. The topological polar surface area (TPSA) is 114 Å². The minimum atomic E-state index is -3.89. The number of nitrogens with one attached hydrogen (secondary N) is 1. The van der Waals surface area contributed by atoms with Crippen molar-refractivity contribution in [3.05, 3.63) is 36.6 Å². The number of rotatable bonds is 6. The van der Waals surface area contributed by atoms with E-state index in [9.17, 15) is 13.2 Å². The van der Waals surface area contributed by atoms with Gasteiger partial charge in [0.15, 0.2) is 0 Å². The van der Waals surface area contributed by atoms with Crippen LogP contribution in [0.1, 0.15) is 17.5 Å². The quantitative estimate of drug-likeness (QED) is 0.804. The molecule has 2 heterocycles. The number of carbonyl (C=O) groups is 1. The Labute approximate surface area is 115 Å². The second kappa shape index (κ2) is 5.47. The van der Waals surface area contributed by atoms with Gasteiger partial charge in [-0.15, -0.1) is 0 Å². The molecule has 20 heavy (non-hydrogen) atoms. The molecule has 0 aliphatic rings. The number of hydrogen-bond donors (Lipinski definition) is 2. The summed E-state index contributed by atoms with van der Waals surface area (Å²) in [7, 11) is -3.89. The lowest BCUT2D eigenvalue weighted by atomic mass is 10.4. The predicted octanol–water partition coefficient (Wildman–Crippen LogP) is 0.541. The molecule has 0 radical (unpaired) electrons. The maximum Gasteiger partial charge on any atom is 0.371 e. The van der Waals surface area contributed by atoms with Gasteiger partial charge in [-0.25, -0.2) is 22.9 Å². The normalized spacial score (nSPS) is 13.2. The van der Waals surface area contributed by atoms with E-state index in [1.807, 2.05) is 0 Å². The maximum absolute atomic E-state index is 12.0. The van der Waals surface area contributed by atoms with E-state index in [-0.39, 0.29) is 0 Å². The van der Waals surface area contributed by atoms with Crippen LogP contribution in [0.5, 0.6) is 0 Å². The Hall–Kier alpha value is -2.13. The average molecular weight is 299 g/mol. The number of aromatic carboxylic acids is 1. The predicted molar refractivity (Wildman–Crippen MR) is 67.7 cm³/mol. The van der Waals surface area contributed by atoms with Gasteiger partial charge >= 0.3 is 5.97 Å². The lowest BCUT2D eigenvalue weighted by Crippen LogP contribution is -2.35. The van der Waals surface area contributed by atoms with Crippen LogP contribution in [0, 0.1) is 0 Å². The molecular weight excluding hydrogens is 286 g/mol. The molecule has 0 saturated heterocycles. The third-order valence-corrected chi connectivity index (χ3v) is 3.92. The summed E-state index contributed by atoms with van der Waals surface area (Å²) in [6.45, 7) is 2.07. The van der Waals surface area contributed by atoms with Gasteiger partial charge in [-0.2, -0.15) is 0 Å². The van der Waals surface area contributed by atoms with Gasteiger partial charge in [0.05, 0.1) is 6.33 Å². The number of carboxylic acid groups (broad SMARTS) is 1. The minimum Gasteiger partial charge on any atom is -0.475 e. The van der Waals surface area contributed by atoms with Gasteiger partial charge in [0.1, 0.15) is 0 Å². The molecule has 0 amide bonds. The summed E-state index contributed by atoms with van der Waals surface area (Å²) in [5.74, 6) is -1.74. The van der Waals surface area contributed by atoms with E-state index in [4.69, 9.17) is 9.52 Å². The van der Waals surface area contributed by atoms with Gasteiger partial charge in [-0.05, 0) is 19.1 Å². The molecule has 9 heteroatoms. The second-order valence-electron chi connectivity index (χ2n) is 4.21. The lowest BCUT2D eigenvalue weighted by molar-refractivity contribution is 0.0656. The minimum absolute atomic E-state index is 0.395. The molecule has 0 aliphatic carbocycles. The Bertz CT molecular complexity index is 689. The Morgan fingerprint density at radius 1 is 1.55 bits per heavy atom. The van der Waals surface area contributed by atoms with Gasteiger partial charge in [0.2, 0.25) is 10.9 Å². The molecule has 8 nitrogen and oxygen atoms in total. The van der Waals surface area contributed by atoms with E-state index < -0.39 is 32.9 Å². The highest BCUT2D eigenvalue weighted by Gasteiger charge is 2.23. The van der Waals surface area contributed by atoms with E-state index in [0.29, 0.717) is 6.54 Å². The van der Waals surface area contributed by atoms with E-state index in [1.54, 1.807) is 30.2 Å². The number of furan rings is 1. The molecule has 0 aromatic carbocycles. The standard InChI is InChI=1S/C11H13N3O5S/c1-8(6-14-5-4-12-7-14)13-20(17,18)10-3-2-9(19-10)11(15)16/h2-5,7-8,13H,6H2,1H3,(H,15,16). The average Bonchev–Trinajstić information content (AvgIpc) is 2.97. The highest BCUT2D eigenvalue weighted by Crippen LogP contribution is 2.14. The summed E-state index contributed by atoms with van der Waals surface area (Å²) in [5, 5.41) is 8.27. The SMILES string of the molecule is CC(Cn1ccnc1)NS(=O)(=O)c1ccc(C(=O)O)o1. The van der Waals surface area contributed by atoms with E-state index >= 15 is 0 Å². The van der Waals surface area contributed by atoms with E-state index in [0.717, 1.165) is 12.1 Å². The molecular formula is C11H13N3O5S. The van der Waals surface area contributed by atoms with Crippen molar-refractivity contribution in [3.63, 3.8) is 0 Å². The molecule has 0 saturated carbocycles. The molecule has 0 aliphatic heterocycles. The number of aromatic nitrogens is 2. The summed E-state index contributed by atoms with van der Waals surface area (Å²) < 4.78 is 32.9. The lowest BCUT2D eigenvalue weighted by Gasteiger charge is -2.13. The largest absolute Gasteiger partial charge is 0.475 e. The van der Waals surface area contributed by atoms with Crippen molar-refractivity contribution in [1.82, 2.24) is 14.3 Å². The van der Waals surface area contributed by atoms with Gasteiger partial charge < -0.3 is 14.1 Å². The van der Waals surface area contributed by atoms with Crippen LogP contribution in [-0.2, 0) is 16.6 Å². The Morgan fingerprint density at radius 2 is 2.30 bits per heavy atom. The van der Waals surface area contributed by atoms with Crippen LogP contribution in [0.3, 0.4) is 0 Å². The van der Waals surface area contributed by atoms with Crippen molar-refractivity contribution in [3.8, 4) is 0 Å². The highest BCUT2D eigenvalue weighted by molar-refractivity contribution is 7.89. The van der Waals surface area contributed by atoms with Gasteiger partial charge in [0, 0.05) is 25.0 Å². The van der Waals surface area contributed by atoms with E-state index in [2.05, 4.69) is 9.71 Å². The molecule has 1 unspecified atom stereocenters. The first-order chi connectivity index (χ1) is 9.38. The summed E-state index contributed by atoms with van der Waals surface area (Å²) in [5.41, 5.74) is 0. The van der Waals surface area contributed by atoms with Gasteiger partial charge in [-0.3, -0.25) is 0 Å². The fourth-order valence-corrected chi connectivity index (χ4v) is 2.82. The second-order valence-corrected chi connectivity index (χ2v) is 5.85. The summed E-state index contributed by atoms with van der Waals surface area (Å²) in [4.78, 5) is 14.5. The van der Waals surface area contributed by atoms with Crippen molar-refractivity contribution >= 4 is 16.0 Å². The first kappa shape index (κ1) is 14.3. The molecule has 0 spiro atoms. The van der Waals surface area contributed by atoms with Crippen molar-refractivity contribution in [2.24, 2.45) is 0 Å². The number of carboxylic acids is 1. The zero-order chi connectivity index (χ0) is 14.8. The number of hydrogen-bond acceptors (Lipinski definition) is 5. The molecule has 2 aromatic heterocycles. The molecule has 1 atom stereocenters. The zero-order valence-corrected chi connectivity index (χ0v) is 11.4. The smallest absolute Gasteiger partial charge is 0.371 e. The number of imidazole rings is 1. The third kappa shape index (κ3) is 3.25. The van der Waals surface area contributed by atoms with Crippen LogP contribution in [0.2, 0.25) is 0 Å². The molecule has 108 valence electrons. The van der Waals surface area contributed by atoms with Crippen LogP contribution in [0.15, 0.2) is 40.4 Å². The molecule has 2 rings (SSSR count). The molecule has 2 aromatic rings. The van der Waals surface area contributed by atoms with Crippen LogP contribution in [0.4, 0.5) is 0 Å². The molecule has 0 fully saturated rings. The first-order valence-corrected chi connectivity index (χ1v) is 7.18. The Morgan fingerprint density at radius 3 is 2.85 bits per heavy atom. The van der Waals surface area contributed by atoms with Crippen molar-refractivity contribution in [2.45, 2.75) is 24.6 Å². The molecule has 2 N–H and O–H groups in total. The van der Waals surface area contributed by atoms with Crippen molar-refractivity contribution < 1.29 is 22.7 Å². The fraction of sp³-hybridized carbons (Fsp3) is 0.273. The van der Waals surface area contributed by atoms with Crippen LogP contribution >= 0.6 is 0 Å². The maximum atomic E-state index is 12.0. The summed E-state index contributed by atoms with van der Waals surface area (Å²) >= 11 is 0. The van der Waals surface area contributed by atoms with Crippen LogP contribution < -0.4 is 4.72 Å². The van der Waals surface area contributed by atoms with Gasteiger partial charge in [-0.1, -0.05) is 0 Å². The third-order valence-electron chi connectivity index (χ3n) is 2.46. The Balaban J connectivity index is 2.08. The monoisotopic (exact) mass is 299 g/mol. The van der Waals surface area contributed by atoms with Crippen LogP contribution in [0.25, 0.3) is 0 Å². The van der Waals surface area contributed by atoms with Gasteiger partial charge in [0.25, 0.3) is 10.0 Å². The highest BCUT2D eigenvalue weighted by atomic mass is 32.2. The van der Waals surface area contributed by atoms with E-state index in [1.165, 1.54) is 0 Å². The summed E-state index contributed by atoms with van der Waals surface area (Å²) in [6.07, 6.45) is 4.87. The first-order valence-electron chi connectivity index (χ1n) is 5.69. The van der Waals surface area contributed by atoms with Crippen LogP contribution in [-0.4, -0.2) is 35.1 Å².